The summed E-state index contributed by atoms with van der Waals surface area (Å²) in [5.74, 6) is -1.47. The highest BCUT2D eigenvalue weighted by Gasteiger charge is 2.52. The van der Waals surface area contributed by atoms with Gasteiger partial charge in [-0.1, -0.05) is 12.2 Å². The normalized spacial score (nSPS) is 20.5. The predicted octanol–water partition coefficient (Wildman–Crippen LogP) is 1.98. The summed E-state index contributed by atoms with van der Waals surface area (Å²) < 4.78 is 0. The molecular formula is C12H10N4O2S2. The molecule has 8 heteroatoms. The van der Waals surface area contributed by atoms with Crippen LogP contribution in [0.4, 0.5) is 10.3 Å². The number of hydrogen-bond donors (Lipinski definition) is 2. The van der Waals surface area contributed by atoms with E-state index in [0.29, 0.717) is 15.8 Å². The van der Waals surface area contributed by atoms with E-state index in [2.05, 4.69) is 27.2 Å². The Bertz CT molecular complexity index is 595. The van der Waals surface area contributed by atoms with Crippen molar-refractivity contribution in [2.75, 3.05) is 10.6 Å². The van der Waals surface area contributed by atoms with Crippen molar-refractivity contribution in [2.45, 2.75) is 0 Å². The van der Waals surface area contributed by atoms with E-state index < -0.39 is 11.8 Å². The molecule has 0 aromatic carbocycles. The zero-order chi connectivity index (χ0) is 14.1. The van der Waals surface area contributed by atoms with E-state index >= 15 is 0 Å². The monoisotopic (exact) mass is 306 g/mol. The molecule has 3 rings (SSSR count). The van der Waals surface area contributed by atoms with Crippen molar-refractivity contribution in [3.63, 3.8) is 0 Å². The second-order valence-corrected chi connectivity index (χ2v) is 5.97. The average Bonchev–Trinajstić information content (AvgIpc) is 2.84. The number of amides is 2. The van der Waals surface area contributed by atoms with Gasteiger partial charge in [-0.05, 0) is 0 Å². The van der Waals surface area contributed by atoms with Gasteiger partial charge >= 0.3 is 0 Å². The molecule has 2 heterocycles. The second-order valence-electron chi connectivity index (χ2n) is 4.18. The molecule has 1 aliphatic rings. The van der Waals surface area contributed by atoms with Crippen LogP contribution in [-0.4, -0.2) is 21.8 Å². The molecule has 1 aliphatic carbocycles. The van der Waals surface area contributed by atoms with Gasteiger partial charge in [0.15, 0.2) is 10.3 Å². The van der Waals surface area contributed by atoms with Gasteiger partial charge in [0.25, 0.3) is 0 Å². The molecule has 6 nitrogen and oxygen atoms in total. The largest absolute Gasteiger partial charge is 0.301 e. The summed E-state index contributed by atoms with van der Waals surface area (Å²) in [6.45, 7) is 3.77. The Morgan fingerprint density at radius 1 is 1.00 bits per heavy atom. The number of carbonyl (C=O) groups excluding carboxylic acids is 2. The molecule has 0 unspecified atom stereocenters. The van der Waals surface area contributed by atoms with Gasteiger partial charge < -0.3 is 10.6 Å². The summed E-state index contributed by atoms with van der Waals surface area (Å²) in [6, 6.07) is 0. The maximum absolute atomic E-state index is 12.0. The van der Waals surface area contributed by atoms with Crippen LogP contribution in [0.15, 0.2) is 35.3 Å². The molecule has 1 fully saturated rings. The molecule has 2 atom stereocenters. The van der Waals surface area contributed by atoms with E-state index in [-0.39, 0.29) is 11.8 Å². The number of thiazole rings is 2. The van der Waals surface area contributed by atoms with Crippen molar-refractivity contribution >= 4 is 44.8 Å². The minimum absolute atomic E-state index is 0.246. The van der Waals surface area contributed by atoms with Crippen molar-refractivity contribution in [3.05, 3.63) is 35.3 Å². The molecule has 20 heavy (non-hydrogen) atoms. The predicted molar refractivity (Wildman–Crippen MR) is 77.6 cm³/mol. The molecule has 0 aliphatic heterocycles. The summed E-state index contributed by atoms with van der Waals surface area (Å²) in [4.78, 5) is 31.9. The number of aromatic nitrogens is 2. The third kappa shape index (κ3) is 2.47. The Kier molecular flexibility index (Phi) is 3.33. The van der Waals surface area contributed by atoms with Crippen molar-refractivity contribution < 1.29 is 9.59 Å². The van der Waals surface area contributed by atoms with Gasteiger partial charge in [0.2, 0.25) is 11.8 Å². The Morgan fingerprint density at radius 2 is 1.45 bits per heavy atom. The molecule has 2 amide bonds. The molecule has 2 N–H and O–H groups in total. The Labute approximate surface area is 122 Å². The third-order valence-corrected chi connectivity index (χ3v) is 4.29. The fraction of sp³-hybridized carbons (Fsp3) is 0.167. The van der Waals surface area contributed by atoms with Crippen LogP contribution >= 0.6 is 22.7 Å². The zero-order valence-corrected chi connectivity index (χ0v) is 11.8. The molecule has 1 saturated carbocycles. The van der Waals surface area contributed by atoms with Crippen LogP contribution in [0.2, 0.25) is 0 Å². The van der Waals surface area contributed by atoms with E-state index in [0.717, 1.165) is 0 Å². The first-order valence-electron chi connectivity index (χ1n) is 5.76. The number of nitrogens with zero attached hydrogens (tertiary/aromatic N) is 2. The first-order valence-corrected chi connectivity index (χ1v) is 7.52. The van der Waals surface area contributed by atoms with E-state index in [1.165, 1.54) is 22.7 Å². The van der Waals surface area contributed by atoms with Crippen LogP contribution < -0.4 is 10.6 Å². The number of carbonyl (C=O) groups is 2. The number of hydrogen-bond acceptors (Lipinski definition) is 6. The molecule has 2 aromatic rings. The summed E-state index contributed by atoms with van der Waals surface area (Å²) in [5, 5.41) is 9.92. The lowest BCUT2D eigenvalue weighted by molar-refractivity contribution is -0.122. The summed E-state index contributed by atoms with van der Waals surface area (Å²) >= 11 is 2.66. The fourth-order valence-electron chi connectivity index (χ4n) is 1.89. The highest BCUT2D eigenvalue weighted by molar-refractivity contribution is 7.14. The Morgan fingerprint density at radius 3 is 1.80 bits per heavy atom. The highest BCUT2D eigenvalue weighted by atomic mass is 32.1. The maximum atomic E-state index is 12.0. The van der Waals surface area contributed by atoms with E-state index in [9.17, 15) is 9.59 Å². The second kappa shape index (κ2) is 5.14. The van der Waals surface area contributed by atoms with Crippen molar-refractivity contribution in [3.8, 4) is 0 Å². The molecule has 0 bridgehead atoms. The summed E-state index contributed by atoms with van der Waals surface area (Å²) in [6.07, 6.45) is 3.21. The molecule has 0 radical (unpaired) electrons. The Hall–Kier alpha value is -2.06. The number of rotatable bonds is 4. The van der Waals surface area contributed by atoms with E-state index in [1.807, 2.05) is 0 Å². The van der Waals surface area contributed by atoms with Crippen LogP contribution in [0, 0.1) is 11.8 Å². The van der Waals surface area contributed by atoms with Gasteiger partial charge in [0.05, 0.1) is 11.8 Å². The van der Waals surface area contributed by atoms with Crippen LogP contribution in [-0.2, 0) is 9.59 Å². The van der Waals surface area contributed by atoms with Gasteiger partial charge in [-0.3, -0.25) is 9.59 Å². The first kappa shape index (κ1) is 12.9. The van der Waals surface area contributed by atoms with Crippen LogP contribution in [0.5, 0.6) is 0 Å². The van der Waals surface area contributed by atoms with Gasteiger partial charge in [-0.15, -0.1) is 22.7 Å². The Balaban J connectivity index is 1.61. The molecule has 102 valence electrons. The molecular weight excluding hydrogens is 296 g/mol. The number of anilines is 2. The lowest BCUT2D eigenvalue weighted by atomic mass is 10.3. The SMILES string of the molecule is C=C1[C@H](C(=O)Nc2nccs2)[C@@H]1C(=O)Nc1nccs1. The topological polar surface area (TPSA) is 84.0 Å². The van der Waals surface area contributed by atoms with Gasteiger partial charge in [-0.2, -0.15) is 0 Å². The van der Waals surface area contributed by atoms with Gasteiger partial charge in [0.1, 0.15) is 0 Å². The standard InChI is InChI=1S/C12H10N4O2S2/c1-6-7(9(17)15-11-13-2-4-19-11)8(6)10(18)16-12-14-3-5-20-12/h2-5,7-8H,1H2,(H,13,15,17)(H,14,16,18)/t7-,8+. The minimum atomic E-state index is -0.487. The van der Waals surface area contributed by atoms with Crippen molar-refractivity contribution in [1.82, 2.24) is 9.97 Å². The highest BCUT2D eigenvalue weighted by Crippen LogP contribution is 2.45. The van der Waals surface area contributed by atoms with E-state index in [1.54, 1.807) is 23.2 Å². The quantitative estimate of drug-likeness (QED) is 0.846. The molecule has 0 saturated heterocycles. The average molecular weight is 306 g/mol. The maximum Gasteiger partial charge on any atom is 0.234 e. The smallest absolute Gasteiger partial charge is 0.234 e. The first-order chi connectivity index (χ1) is 9.66. The van der Waals surface area contributed by atoms with Gasteiger partial charge in [0, 0.05) is 23.2 Å². The summed E-state index contributed by atoms with van der Waals surface area (Å²) in [7, 11) is 0. The minimum Gasteiger partial charge on any atom is -0.301 e. The van der Waals surface area contributed by atoms with Gasteiger partial charge in [-0.25, -0.2) is 9.97 Å². The lowest BCUT2D eigenvalue weighted by Gasteiger charge is -2.01. The molecule has 0 spiro atoms. The third-order valence-electron chi connectivity index (χ3n) is 2.91. The zero-order valence-electron chi connectivity index (χ0n) is 10.2. The summed E-state index contributed by atoms with van der Waals surface area (Å²) in [5.41, 5.74) is 0.619. The van der Waals surface area contributed by atoms with Crippen molar-refractivity contribution in [2.24, 2.45) is 11.8 Å². The number of nitrogens with one attached hydrogen (secondary N) is 2. The van der Waals surface area contributed by atoms with Crippen molar-refractivity contribution in [1.29, 1.82) is 0 Å². The lowest BCUT2D eigenvalue weighted by Crippen LogP contribution is -2.20. The van der Waals surface area contributed by atoms with Crippen LogP contribution in [0.1, 0.15) is 0 Å². The molecule has 2 aromatic heterocycles. The fourth-order valence-corrected chi connectivity index (χ4v) is 2.95. The van der Waals surface area contributed by atoms with E-state index in [4.69, 9.17) is 0 Å². The van der Waals surface area contributed by atoms with Crippen LogP contribution in [0.3, 0.4) is 0 Å². The van der Waals surface area contributed by atoms with Crippen LogP contribution in [0.25, 0.3) is 0 Å².